The molecule has 0 atom stereocenters. The molecule has 0 amide bonds. The van der Waals surface area contributed by atoms with E-state index in [9.17, 15) is 4.39 Å². The predicted octanol–water partition coefficient (Wildman–Crippen LogP) is 2.86. The van der Waals surface area contributed by atoms with E-state index in [4.69, 9.17) is 11.6 Å². The van der Waals surface area contributed by atoms with E-state index in [1.165, 1.54) is 12.1 Å². The number of aromatic nitrogens is 3. The minimum absolute atomic E-state index is 0.337. The second kappa shape index (κ2) is 6.81. The van der Waals surface area contributed by atoms with E-state index >= 15 is 0 Å². The van der Waals surface area contributed by atoms with Crippen LogP contribution in [-0.2, 0) is 13.1 Å². The molecule has 2 rings (SSSR count). The quantitative estimate of drug-likeness (QED) is 0.891. The highest BCUT2D eigenvalue weighted by Gasteiger charge is 2.06. The van der Waals surface area contributed by atoms with Crippen LogP contribution in [0, 0.1) is 11.7 Å². The zero-order valence-electron chi connectivity index (χ0n) is 11.6. The van der Waals surface area contributed by atoms with Crippen molar-refractivity contribution in [1.29, 1.82) is 0 Å². The van der Waals surface area contributed by atoms with Gasteiger partial charge in [0.25, 0.3) is 0 Å². The maximum Gasteiger partial charge on any atom is 0.124 e. The largest absolute Gasteiger partial charge is 0.311 e. The van der Waals surface area contributed by atoms with Crippen molar-refractivity contribution in [3.8, 4) is 0 Å². The molecule has 0 saturated carbocycles. The average molecular weight is 297 g/mol. The van der Waals surface area contributed by atoms with Crippen LogP contribution in [0.1, 0.15) is 25.1 Å². The van der Waals surface area contributed by atoms with E-state index in [1.807, 2.05) is 6.20 Å². The van der Waals surface area contributed by atoms with Gasteiger partial charge in [-0.3, -0.25) is 0 Å². The zero-order valence-corrected chi connectivity index (χ0v) is 12.4. The minimum atomic E-state index is -0.337. The fraction of sp³-hybridized carbons (Fsp3) is 0.429. The van der Waals surface area contributed by atoms with Crippen molar-refractivity contribution in [3.63, 3.8) is 0 Å². The van der Waals surface area contributed by atoms with E-state index < -0.39 is 0 Å². The van der Waals surface area contributed by atoms with Crippen molar-refractivity contribution in [1.82, 2.24) is 20.3 Å². The Labute approximate surface area is 122 Å². The van der Waals surface area contributed by atoms with Gasteiger partial charge in [-0.1, -0.05) is 36.7 Å². The van der Waals surface area contributed by atoms with Gasteiger partial charge in [-0.15, -0.1) is 5.10 Å². The lowest BCUT2D eigenvalue weighted by Gasteiger charge is -2.05. The van der Waals surface area contributed by atoms with Gasteiger partial charge in [0.1, 0.15) is 5.82 Å². The number of halogens is 2. The van der Waals surface area contributed by atoms with Crippen LogP contribution >= 0.6 is 11.6 Å². The van der Waals surface area contributed by atoms with Crippen LogP contribution in [0.2, 0.25) is 5.02 Å². The van der Waals surface area contributed by atoms with Crippen molar-refractivity contribution in [2.24, 2.45) is 5.92 Å². The molecular formula is C14H18ClFN4. The third-order valence-electron chi connectivity index (χ3n) is 2.79. The van der Waals surface area contributed by atoms with Gasteiger partial charge in [0, 0.05) is 11.6 Å². The van der Waals surface area contributed by atoms with Crippen LogP contribution in [0.4, 0.5) is 4.39 Å². The minimum Gasteiger partial charge on any atom is -0.311 e. The molecule has 4 nitrogen and oxygen atoms in total. The molecule has 0 saturated heterocycles. The van der Waals surface area contributed by atoms with Gasteiger partial charge < -0.3 is 5.32 Å². The summed E-state index contributed by atoms with van der Waals surface area (Å²) >= 11 is 5.99. The Morgan fingerprint density at radius 3 is 2.90 bits per heavy atom. The Balaban J connectivity index is 1.95. The first-order valence-corrected chi connectivity index (χ1v) is 6.96. The highest BCUT2D eigenvalue weighted by Crippen LogP contribution is 2.18. The maximum absolute atomic E-state index is 13.0. The van der Waals surface area contributed by atoms with Gasteiger partial charge in [-0.05, 0) is 30.2 Å². The van der Waals surface area contributed by atoms with Crippen LogP contribution in [0.25, 0.3) is 0 Å². The number of nitrogens with one attached hydrogen (secondary N) is 1. The average Bonchev–Trinajstić information content (AvgIpc) is 2.80. The van der Waals surface area contributed by atoms with Crippen molar-refractivity contribution >= 4 is 11.6 Å². The van der Waals surface area contributed by atoms with Gasteiger partial charge in [0.15, 0.2) is 0 Å². The molecule has 6 heteroatoms. The molecule has 1 aromatic heterocycles. The van der Waals surface area contributed by atoms with Crippen LogP contribution < -0.4 is 5.32 Å². The summed E-state index contributed by atoms with van der Waals surface area (Å²) in [6, 6.07) is 4.36. The molecule has 0 aliphatic carbocycles. The topological polar surface area (TPSA) is 42.7 Å². The van der Waals surface area contributed by atoms with Crippen LogP contribution in [0.15, 0.2) is 24.4 Å². The Kier molecular flexibility index (Phi) is 5.09. The van der Waals surface area contributed by atoms with Crippen LogP contribution in [0.5, 0.6) is 0 Å². The number of hydrogen-bond donors (Lipinski definition) is 1. The maximum atomic E-state index is 13.0. The molecule has 0 radical (unpaired) electrons. The Morgan fingerprint density at radius 2 is 2.20 bits per heavy atom. The summed E-state index contributed by atoms with van der Waals surface area (Å²) in [6.45, 7) is 6.42. The van der Waals surface area contributed by atoms with Crippen molar-refractivity contribution < 1.29 is 4.39 Å². The lowest BCUT2D eigenvalue weighted by atomic mass is 10.2. The molecule has 1 heterocycles. The molecule has 2 aromatic rings. The van der Waals surface area contributed by atoms with E-state index in [-0.39, 0.29) is 5.82 Å². The third kappa shape index (κ3) is 4.28. The summed E-state index contributed by atoms with van der Waals surface area (Å²) in [7, 11) is 0. The SMILES string of the molecule is CC(C)CNCc1cn(Cc2ccc(F)cc2Cl)nn1. The van der Waals surface area contributed by atoms with Crippen LogP contribution in [-0.4, -0.2) is 21.5 Å². The summed E-state index contributed by atoms with van der Waals surface area (Å²) in [5.74, 6) is 0.263. The highest BCUT2D eigenvalue weighted by atomic mass is 35.5. The van der Waals surface area contributed by atoms with Gasteiger partial charge in [0.05, 0.1) is 18.4 Å². The normalized spacial score (nSPS) is 11.2. The summed E-state index contributed by atoms with van der Waals surface area (Å²) in [5, 5.41) is 11.8. The molecule has 0 bridgehead atoms. The van der Waals surface area contributed by atoms with E-state index in [0.29, 0.717) is 24.0 Å². The van der Waals surface area contributed by atoms with Gasteiger partial charge in [-0.2, -0.15) is 0 Å². The molecule has 0 aliphatic rings. The summed E-state index contributed by atoms with van der Waals surface area (Å²) in [4.78, 5) is 0. The van der Waals surface area contributed by atoms with Crippen molar-refractivity contribution in [3.05, 3.63) is 46.5 Å². The standard InChI is InChI=1S/C14H18ClFN4/c1-10(2)6-17-7-13-9-20(19-18-13)8-11-3-4-12(16)5-14(11)15/h3-5,9-10,17H,6-8H2,1-2H3. The fourth-order valence-electron chi connectivity index (χ4n) is 1.81. The van der Waals surface area contributed by atoms with Gasteiger partial charge in [-0.25, -0.2) is 9.07 Å². The Morgan fingerprint density at radius 1 is 1.40 bits per heavy atom. The number of hydrogen-bond acceptors (Lipinski definition) is 3. The van der Waals surface area contributed by atoms with E-state index in [1.54, 1.807) is 10.7 Å². The monoisotopic (exact) mass is 296 g/mol. The van der Waals surface area contributed by atoms with Crippen molar-refractivity contribution in [2.45, 2.75) is 26.9 Å². The molecule has 0 fully saturated rings. The second-order valence-corrected chi connectivity index (χ2v) is 5.58. The molecule has 0 spiro atoms. The number of benzene rings is 1. The van der Waals surface area contributed by atoms with E-state index in [2.05, 4.69) is 29.5 Å². The molecule has 0 aliphatic heterocycles. The van der Waals surface area contributed by atoms with Crippen molar-refractivity contribution in [2.75, 3.05) is 6.54 Å². The summed E-state index contributed by atoms with van der Waals surface area (Å²) in [5.41, 5.74) is 1.70. The second-order valence-electron chi connectivity index (χ2n) is 5.17. The molecule has 108 valence electrons. The molecule has 1 N–H and O–H groups in total. The molecule has 20 heavy (non-hydrogen) atoms. The highest BCUT2D eigenvalue weighted by molar-refractivity contribution is 6.31. The first-order valence-electron chi connectivity index (χ1n) is 6.58. The van der Waals surface area contributed by atoms with Gasteiger partial charge >= 0.3 is 0 Å². The smallest absolute Gasteiger partial charge is 0.124 e. The molecule has 0 unspecified atom stereocenters. The number of rotatable bonds is 6. The summed E-state index contributed by atoms with van der Waals surface area (Å²) in [6.07, 6.45) is 1.87. The Bertz CT molecular complexity index is 568. The number of nitrogens with zero attached hydrogens (tertiary/aromatic N) is 3. The first kappa shape index (κ1) is 14.9. The van der Waals surface area contributed by atoms with E-state index in [0.717, 1.165) is 17.8 Å². The first-order chi connectivity index (χ1) is 9.54. The molecule has 1 aromatic carbocycles. The molecular weight excluding hydrogens is 279 g/mol. The lowest BCUT2D eigenvalue weighted by molar-refractivity contribution is 0.548. The Hall–Kier alpha value is -1.46. The van der Waals surface area contributed by atoms with Crippen LogP contribution in [0.3, 0.4) is 0 Å². The predicted molar refractivity (Wildman–Crippen MR) is 77.1 cm³/mol. The third-order valence-corrected chi connectivity index (χ3v) is 3.14. The lowest BCUT2D eigenvalue weighted by Crippen LogP contribution is -2.19. The zero-order chi connectivity index (χ0) is 14.5. The fourth-order valence-corrected chi connectivity index (χ4v) is 2.04. The van der Waals surface area contributed by atoms with Gasteiger partial charge in [0.2, 0.25) is 0 Å². The summed E-state index contributed by atoms with van der Waals surface area (Å²) < 4.78 is 14.7.